The van der Waals surface area contributed by atoms with Crippen LogP contribution in [0.5, 0.6) is 0 Å². The molecule has 24 heavy (non-hydrogen) atoms. The predicted molar refractivity (Wildman–Crippen MR) is 100 cm³/mol. The maximum absolute atomic E-state index is 11.8. The molecular weight excluding hydrogens is 344 g/mol. The van der Waals surface area contributed by atoms with Crippen LogP contribution in [0.3, 0.4) is 0 Å². The van der Waals surface area contributed by atoms with Crippen LogP contribution in [0.15, 0.2) is 24.3 Å². The largest absolute Gasteiger partial charge is 0.345 e. The van der Waals surface area contributed by atoms with Crippen molar-refractivity contribution in [3.8, 4) is 0 Å². The highest BCUT2D eigenvalue weighted by molar-refractivity contribution is 7.89. The summed E-state index contributed by atoms with van der Waals surface area (Å²) in [4.78, 5) is 9.39. The number of hydrogen-bond donors (Lipinski definition) is 0. The summed E-state index contributed by atoms with van der Waals surface area (Å²) in [7, 11) is 0.0991. The Morgan fingerprint density at radius 3 is 2.54 bits per heavy atom. The molecule has 0 saturated carbocycles. The van der Waals surface area contributed by atoms with Crippen molar-refractivity contribution in [3.63, 3.8) is 0 Å². The zero-order valence-electron chi connectivity index (χ0n) is 14.2. The molecule has 132 valence electrons. The Morgan fingerprint density at radius 2 is 1.88 bits per heavy atom. The van der Waals surface area contributed by atoms with Gasteiger partial charge in [-0.3, -0.25) is 4.90 Å². The van der Waals surface area contributed by atoms with Gasteiger partial charge in [0.05, 0.1) is 16.0 Å². The van der Waals surface area contributed by atoms with Crippen molar-refractivity contribution in [1.29, 1.82) is 0 Å². The summed E-state index contributed by atoms with van der Waals surface area (Å²) in [6, 6.07) is 8.23. The van der Waals surface area contributed by atoms with Crippen LogP contribution in [-0.4, -0.2) is 75.2 Å². The second-order valence-electron chi connectivity index (χ2n) is 6.24. The van der Waals surface area contributed by atoms with Crippen molar-refractivity contribution < 1.29 is 8.42 Å². The fourth-order valence-corrected chi connectivity index (χ4v) is 4.69. The van der Waals surface area contributed by atoms with Crippen molar-refractivity contribution in [2.75, 3.05) is 57.5 Å². The lowest BCUT2D eigenvalue weighted by molar-refractivity contribution is 0.258. The average Bonchev–Trinajstić information content (AvgIpc) is 2.99. The molecule has 1 fully saturated rings. The molecule has 1 aromatic heterocycles. The minimum Gasteiger partial charge on any atom is -0.345 e. The third kappa shape index (κ3) is 4.05. The zero-order chi connectivity index (χ0) is 17.2. The number of piperazine rings is 1. The molecule has 0 spiro atoms. The van der Waals surface area contributed by atoms with Crippen LogP contribution in [0.2, 0.25) is 0 Å². The molecular formula is C16H24N4O2S2. The van der Waals surface area contributed by atoms with Gasteiger partial charge in [-0.25, -0.2) is 17.7 Å². The van der Waals surface area contributed by atoms with Crippen LogP contribution in [-0.2, 0) is 10.0 Å². The van der Waals surface area contributed by atoms with Gasteiger partial charge in [0.2, 0.25) is 10.0 Å². The molecule has 0 aliphatic carbocycles. The summed E-state index contributed by atoms with van der Waals surface area (Å²) in [5.41, 5.74) is 1.06. The number of sulfonamides is 1. The first-order chi connectivity index (χ1) is 11.5. The Bertz CT molecular complexity index is 747. The third-order valence-electron chi connectivity index (χ3n) is 4.36. The van der Waals surface area contributed by atoms with Gasteiger partial charge in [0, 0.05) is 40.3 Å². The third-order valence-corrected chi connectivity index (χ3v) is 7.37. The van der Waals surface area contributed by atoms with Gasteiger partial charge in [0.25, 0.3) is 0 Å². The molecule has 3 rings (SSSR count). The summed E-state index contributed by atoms with van der Waals surface area (Å²) in [5, 5.41) is 1.09. The van der Waals surface area contributed by atoms with Crippen LogP contribution >= 0.6 is 11.3 Å². The summed E-state index contributed by atoms with van der Waals surface area (Å²) < 4.78 is 26.1. The molecule has 0 atom stereocenters. The molecule has 0 bridgehead atoms. The van der Waals surface area contributed by atoms with Gasteiger partial charge in [-0.05, 0) is 25.1 Å². The number of aromatic nitrogens is 1. The number of anilines is 1. The number of benzene rings is 1. The van der Waals surface area contributed by atoms with Crippen LogP contribution in [0.4, 0.5) is 5.13 Å². The van der Waals surface area contributed by atoms with Gasteiger partial charge in [0.15, 0.2) is 5.13 Å². The molecule has 2 aromatic rings. The van der Waals surface area contributed by atoms with Crippen LogP contribution in [0.25, 0.3) is 10.2 Å². The maximum Gasteiger partial charge on any atom is 0.213 e. The summed E-state index contributed by atoms with van der Waals surface area (Å²) in [6.45, 7) is 4.64. The Hall–Kier alpha value is -1.22. The van der Waals surface area contributed by atoms with E-state index in [2.05, 4.69) is 21.9 Å². The Kier molecular flexibility index (Phi) is 5.39. The van der Waals surface area contributed by atoms with E-state index in [1.807, 2.05) is 12.1 Å². The van der Waals surface area contributed by atoms with E-state index in [0.29, 0.717) is 6.42 Å². The normalized spacial score (nSPS) is 17.0. The summed E-state index contributed by atoms with van der Waals surface area (Å²) in [6.07, 6.45) is 0.682. The van der Waals surface area contributed by atoms with E-state index in [9.17, 15) is 8.42 Å². The van der Waals surface area contributed by atoms with E-state index < -0.39 is 10.0 Å². The van der Waals surface area contributed by atoms with Crippen molar-refractivity contribution in [3.05, 3.63) is 24.3 Å². The quantitative estimate of drug-likeness (QED) is 0.777. The van der Waals surface area contributed by atoms with Crippen LogP contribution in [0, 0.1) is 0 Å². The smallest absolute Gasteiger partial charge is 0.213 e. The number of rotatable bonds is 6. The number of thiazole rings is 1. The first kappa shape index (κ1) is 17.6. The first-order valence-electron chi connectivity index (χ1n) is 8.19. The first-order valence-corrected chi connectivity index (χ1v) is 10.6. The number of para-hydroxylation sites is 1. The SMILES string of the molecule is CN(C)S(=O)(=O)CCCN1CCN(c2nc3ccccc3s2)CC1. The van der Waals surface area contributed by atoms with Crippen LogP contribution in [0.1, 0.15) is 6.42 Å². The lowest BCUT2D eigenvalue weighted by atomic mass is 10.3. The summed E-state index contributed by atoms with van der Waals surface area (Å²) >= 11 is 1.74. The van der Waals surface area contributed by atoms with Crippen molar-refractivity contribution in [2.24, 2.45) is 0 Å². The standard InChI is InChI=1S/C16H24N4O2S2/c1-18(2)24(21,22)13-5-8-19-9-11-20(12-10-19)16-17-14-6-3-4-7-15(14)23-16/h3-4,6-7H,5,8-13H2,1-2H3. The second-order valence-corrected chi connectivity index (χ2v) is 9.56. The van der Waals surface area contributed by atoms with E-state index in [1.165, 1.54) is 9.01 Å². The van der Waals surface area contributed by atoms with E-state index in [1.54, 1.807) is 25.4 Å². The van der Waals surface area contributed by atoms with Crippen molar-refractivity contribution in [1.82, 2.24) is 14.2 Å². The molecule has 0 amide bonds. The van der Waals surface area contributed by atoms with E-state index in [-0.39, 0.29) is 5.75 Å². The molecule has 0 unspecified atom stereocenters. The van der Waals surface area contributed by atoms with Gasteiger partial charge in [-0.1, -0.05) is 23.5 Å². The molecule has 1 aliphatic heterocycles. The Balaban J connectivity index is 1.49. The highest BCUT2D eigenvalue weighted by atomic mass is 32.2. The predicted octanol–water partition coefficient (Wildman–Crippen LogP) is 1.70. The Labute approximate surface area is 147 Å². The minimum atomic E-state index is -3.08. The molecule has 2 heterocycles. The maximum atomic E-state index is 11.8. The molecule has 1 aliphatic rings. The van der Waals surface area contributed by atoms with Crippen molar-refractivity contribution >= 4 is 36.7 Å². The van der Waals surface area contributed by atoms with Gasteiger partial charge in [-0.15, -0.1) is 0 Å². The van der Waals surface area contributed by atoms with E-state index in [0.717, 1.165) is 43.4 Å². The number of hydrogen-bond acceptors (Lipinski definition) is 6. The lowest BCUT2D eigenvalue weighted by Crippen LogP contribution is -2.46. The molecule has 8 heteroatoms. The number of nitrogens with zero attached hydrogens (tertiary/aromatic N) is 4. The molecule has 1 saturated heterocycles. The highest BCUT2D eigenvalue weighted by Gasteiger charge is 2.20. The van der Waals surface area contributed by atoms with Gasteiger partial charge < -0.3 is 4.90 Å². The molecule has 6 nitrogen and oxygen atoms in total. The second kappa shape index (κ2) is 7.35. The lowest BCUT2D eigenvalue weighted by Gasteiger charge is -2.34. The fraction of sp³-hybridized carbons (Fsp3) is 0.562. The monoisotopic (exact) mass is 368 g/mol. The van der Waals surface area contributed by atoms with E-state index in [4.69, 9.17) is 4.98 Å². The zero-order valence-corrected chi connectivity index (χ0v) is 15.8. The molecule has 1 aromatic carbocycles. The van der Waals surface area contributed by atoms with Gasteiger partial charge >= 0.3 is 0 Å². The highest BCUT2D eigenvalue weighted by Crippen LogP contribution is 2.29. The van der Waals surface area contributed by atoms with Crippen molar-refractivity contribution in [2.45, 2.75) is 6.42 Å². The topological polar surface area (TPSA) is 56.8 Å². The van der Waals surface area contributed by atoms with Gasteiger partial charge in [0.1, 0.15) is 0 Å². The molecule has 0 radical (unpaired) electrons. The number of fused-ring (bicyclic) bond motifs is 1. The minimum absolute atomic E-state index is 0.220. The molecule has 0 N–H and O–H groups in total. The van der Waals surface area contributed by atoms with Crippen LogP contribution < -0.4 is 4.90 Å². The average molecular weight is 369 g/mol. The summed E-state index contributed by atoms with van der Waals surface area (Å²) in [5.74, 6) is 0.220. The Morgan fingerprint density at radius 1 is 1.17 bits per heavy atom. The van der Waals surface area contributed by atoms with Gasteiger partial charge in [-0.2, -0.15) is 0 Å². The van der Waals surface area contributed by atoms with E-state index >= 15 is 0 Å². The fourth-order valence-electron chi connectivity index (χ4n) is 2.81.